The molecule has 122 valence electrons. The second-order valence-corrected chi connectivity index (χ2v) is 5.51. The molecular weight excluding hydrogens is 309 g/mol. The Hall–Kier alpha value is -2.31. The second-order valence-electron chi connectivity index (χ2n) is 5.51. The Kier molecular flexibility index (Phi) is 4.11. The average molecular weight is 324 g/mol. The van der Waals surface area contributed by atoms with Crippen LogP contribution in [0.2, 0.25) is 0 Å². The van der Waals surface area contributed by atoms with Crippen LogP contribution in [-0.4, -0.2) is 28.9 Å². The molecule has 1 amide bonds. The number of carbonyl (C=O) groups excluding carboxylic acids is 1. The largest absolute Gasteiger partial charge is 0.459 e. The van der Waals surface area contributed by atoms with E-state index in [2.05, 4.69) is 9.40 Å². The van der Waals surface area contributed by atoms with Crippen LogP contribution in [0.3, 0.4) is 0 Å². The summed E-state index contributed by atoms with van der Waals surface area (Å²) in [6.45, 7) is 0.850. The lowest BCUT2D eigenvalue weighted by Crippen LogP contribution is -2.38. The third-order valence-electron chi connectivity index (χ3n) is 4.11. The number of nitrogens with zero attached hydrogens (tertiary/aromatic N) is 2. The average Bonchev–Trinajstić information content (AvgIpc) is 3.05. The zero-order chi connectivity index (χ0) is 16.4. The number of furan rings is 1. The first-order valence-electron chi connectivity index (χ1n) is 7.30. The number of hydrogen-bond donors (Lipinski definition) is 0. The number of piperidine rings is 1. The molecule has 1 fully saturated rings. The zero-order valence-corrected chi connectivity index (χ0v) is 12.2. The van der Waals surface area contributed by atoms with E-state index in [0.717, 1.165) is 30.7 Å². The summed E-state index contributed by atoms with van der Waals surface area (Å²) in [6, 6.07) is 4.94. The van der Waals surface area contributed by atoms with E-state index in [1.807, 2.05) is 12.1 Å². The topological polar surface area (TPSA) is 46.3 Å². The lowest BCUT2D eigenvalue weighted by Gasteiger charge is -2.32. The molecule has 0 bridgehead atoms. The van der Waals surface area contributed by atoms with E-state index in [1.165, 1.54) is 4.90 Å². The molecular formula is C16H15F3N2O2. The molecule has 3 heterocycles. The van der Waals surface area contributed by atoms with Gasteiger partial charge in [-0.25, -0.2) is 0 Å². The lowest BCUT2D eigenvalue weighted by molar-refractivity contribution is -0.153. The van der Waals surface area contributed by atoms with E-state index in [4.69, 9.17) is 0 Å². The lowest BCUT2D eigenvalue weighted by atomic mass is 9.90. The van der Waals surface area contributed by atoms with Gasteiger partial charge in [-0.05, 0) is 42.5 Å². The van der Waals surface area contributed by atoms with Gasteiger partial charge in [-0.1, -0.05) is 0 Å². The highest BCUT2D eigenvalue weighted by atomic mass is 19.4. The number of amides is 1. The van der Waals surface area contributed by atoms with E-state index < -0.39 is 23.4 Å². The van der Waals surface area contributed by atoms with Gasteiger partial charge in [-0.15, -0.1) is 0 Å². The molecule has 2 aromatic rings. The molecule has 0 saturated carbocycles. The van der Waals surface area contributed by atoms with Crippen molar-refractivity contribution in [3.8, 4) is 0 Å². The van der Waals surface area contributed by atoms with Crippen molar-refractivity contribution in [1.29, 1.82) is 0 Å². The molecule has 0 aromatic carbocycles. The molecule has 0 spiro atoms. The molecule has 1 aliphatic rings. The van der Waals surface area contributed by atoms with E-state index in [9.17, 15) is 18.0 Å². The van der Waals surface area contributed by atoms with Crippen LogP contribution in [0.15, 0.2) is 41.3 Å². The quantitative estimate of drug-likeness (QED) is 0.846. The number of alkyl halides is 3. The van der Waals surface area contributed by atoms with Crippen molar-refractivity contribution in [2.45, 2.75) is 24.9 Å². The van der Waals surface area contributed by atoms with Crippen molar-refractivity contribution >= 4 is 5.91 Å². The van der Waals surface area contributed by atoms with Crippen LogP contribution in [0, 0.1) is 0 Å². The first-order valence-corrected chi connectivity index (χ1v) is 7.30. The summed E-state index contributed by atoms with van der Waals surface area (Å²) in [4.78, 5) is 17.8. The number of likely N-dealkylation sites (tertiary alicyclic amines) is 1. The monoisotopic (exact) mass is 324 g/mol. The maximum atomic E-state index is 12.8. The summed E-state index contributed by atoms with van der Waals surface area (Å²) in [6.07, 6.45) is 1.11. The van der Waals surface area contributed by atoms with Crippen molar-refractivity contribution in [1.82, 2.24) is 9.88 Å². The summed E-state index contributed by atoms with van der Waals surface area (Å²) >= 11 is 0. The fourth-order valence-electron chi connectivity index (χ4n) is 2.92. The number of halogens is 3. The summed E-state index contributed by atoms with van der Waals surface area (Å²) in [5.74, 6) is -1.55. The Morgan fingerprint density at radius 2 is 1.83 bits per heavy atom. The molecule has 4 nitrogen and oxygen atoms in total. The normalized spacial score (nSPS) is 16.6. The van der Waals surface area contributed by atoms with E-state index in [1.54, 1.807) is 12.4 Å². The van der Waals surface area contributed by atoms with Gasteiger partial charge in [-0.3, -0.25) is 9.78 Å². The van der Waals surface area contributed by atoms with Gasteiger partial charge in [-0.2, -0.15) is 13.2 Å². The molecule has 0 unspecified atom stereocenters. The molecule has 23 heavy (non-hydrogen) atoms. The Balaban J connectivity index is 1.69. The van der Waals surface area contributed by atoms with Gasteiger partial charge in [0.2, 0.25) is 5.76 Å². The SMILES string of the molecule is O=C(c1ccoc1C(F)(F)F)N1CCC(c2ccncc2)CC1. The number of rotatable bonds is 2. The Labute approximate surface area is 130 Å². The van der Waals surface area contributed by atoms with Gasteiger partial charge in [0.15, 0.2) is 0 Å². The highest BCUT2D eigenvalue weighted by Gasteiger charge is 2.40. The summed E-state index contributed by atoms with van der Waals surface area (Å²) in [5, 5.41) is 0. The predicted octanol–water partition coefficient (Wildman–Crippen LogP) is 3.71. The molecule has 0 aliphatic carbocycles. The maximum absolute atomic E-state index is 12.8. The Morgan fingerprint density at radius 1 is 1.17 bits per heavy atom. The molecule has 0 radical (unpaired) electrons. The summed E-state index contributed by atoms with van der Waals surface area (Å²) < 4.78 is 42.9. The van der Waals surface area contributed by atoms with Gasteiger partial charge in [0.1, 0.15) is 0 Å². The van der Waals surface area contributed by atoms with Gasteiger partial charge < -0.3 is 9.32 Å². The van der Waals surface area contributed by atoms with Gasteiger partial charge in [0, 0.05) is 25.5 Å². The number of pyridine rings is 1. The van der Waals surface area contributed by atoms with Crippen LogP contribution in [0.1, 0.15) is 40.4 Å². The second kappa shape index (κ2) is 6.06. The van der Waals surface area contributed by atoms with Crippen LogP contribution in [-0.2, 0) is 6.18 Å². The molecule has 1 aliphatic heterocycles. The molecule has 0 atom stereocenters. The van der Waals surface area contributed by atoms with Crippen molar-refractivity contribution in [2.24, 2.45) is 0 Å². The first-order chi connectivity index (χ1) is 11.0. The van der Waals surface area contributed by atoms with Crippen molar-refractivity contribution < 1.29 is 22.4 Å². The summed E-state index contributed by atoms with van der Waals surface area (Å²) in [7, 11) is 0. The minimum absolute atomic E-state index is 0.300. The van der Waals surface area contributed by atoms with Crippen molar-refractivity contribution in [3.63, 3.8) is 0 Å². The van der Waals surface area contributed by atoms with E-state index in [-0.39, 0.29) is 0 Å². The van der Waals surface area contributed by atoms with Gasteiger partial charge in [0.05, 0.1) is 11.8 Å². The Bertz CT molecular complexity index is 674. The van der Waals surface area contributed by atoms with Crippen LogP contribution in [0.4, 0.5) is 13.2 Å². The first kappa shape index (κ1) is 15.6. The molecule has 1 saturated heterocycles. The standard InChI is InChI=1S/C16H15F3N2O2/c17-16(18,19)14-13(5-10-23-14)15(22)21-8-3-12(4-9-21)11-1-6-20-7-2-11/h1-2,5-7,10,12H,3-4,8-9H2. The van der Waals surface area contributed by atoms with Crippen LogP contribution in [0.25, 0.3) is 0 Å². The fourth-order valence-corrected chi connectivity index (χ4v) is 2.92. The van der Waals surface area contributed by atoms with Crippen molar-refractivity contribution in [2.75, 3.05) is 13.1 Å². The van der Waals surface area contributed by atoms with Crippen LogP contribution in [0.5, 0.6) is 0 Å². The minimum Gasteiger partial charge on any atom is -0.459 e. The Morgan fingerprint density at radius 3 is 2.43 bits per heavy atom. The van der Waals surface area contributed by atoms with Gasteiger partial charge in [0.25, 0.3) is 5.91 Å². The highest BCUT2D eigenvalue weighted by molar-refractivity contribution is 5.95. The number of carbonyl (C=O) groups is 1. The third-order valence-corrected chi connectivity index (χ3v) is 4.11. The molecule has 7 heteroatoms. The van der Waals surface area contributed by atoms with E-state index in [0.29, 0.717) is 19.0 Å². The highest BCUT2D eigenvalue weighted by Crippen LogP contribution is 2.34. The molecule has 0 N–H and O–H groups in total. The van der Waals surface area contributed by atoms with E-state index >= 15 is 0 Å². The minimum atomic E-state index is -4.66. The predicted molar refractivity (Wildman–Crippen MR) is 75.8 cm³/mol. The molecule has 3 rings (SSSR count). The summed E-state index contributed by atoms with van der Waals surface area (Å²) in [5.41, 5.74) is 0.728. The fraction of sp³-hybridized carbons (Fsp3) is 0.375. The zero-order valence-electron chi connectivity index (χ0n) is 12.2. The third kappa shape index (κ3) is 3.23. The van der Waals surface area contributed by atoms with Crippen LogP contribution >= 0.6 is 0 Å². The smallest absolute Gasteiger partial charge is 0.450 e. The van der Waals surface area contributed by atoms with Gasteiger partial charge >= 0.3 is 6.18 Å². The molecule has 2 aromatic heterocycles. The van der Waals surface area contributed by atoms with Crippen LogP contribution < -0.4 is 0 Å². The number of aromatic nitrogens is 1. The number of hydrogen-bond acceptors (Lipinski definition) is 3. The maximum Gasteiger partial charge on any atom is 0.450 e. The van der Waals surface area contributed by atoms with Crippen molar-refractivity contribution in [3.05, 3.63) is 53.7 Å².